The molecule has 4 fully saturated rings. The minimum Gasteiger partial charge on any atom is -0.348 e. The smallest absolute Gasteiger partial charge is 0.239 e. The summed E-state index contributed by atoms with van der Waals surface area (Å²) in [7, 11) is 0. The number of carbonyl (C=O) groups is 2. The SMILES string of the molecule is CC(NC(=O)CNC(=O)CC12CC3CC(CC(C3)C1)C2)c1ccc(-n2ccnc2)cc1. The molecule has 31 heavy (non-hydrogen) atoms. The van der Waals surface area contributed by atoms with Crippen molar-refractivity contribution in [3.05, 3.63) is 48.5 Å². The number of carbonyl (C=O) groups excluding carboxylic acids is 2. The van der Waals surface area contributed by atoms with E-state index in [9.17, 15) is 9.59 Å². The van der Waals surface area contributed by atoms with E-state index < -0.39 is 0 Å². The molecule has 0 aliphatic heterocycles. The van der Waals surface area contributed by atoms with Crippen molar-refractivity contribution < 1.29 is 9.59 Å². The highest BCUT2D eigenvalue weighted by molar-refractivity contribution is 5.85. The molecule has 6 heteroatoms. The van der Waals surface area contributed by atoms with E-state index in [-0.39, 0.29) is 29.8 Å². The average molecular weight is 421 g/mol. The third-order valence-electron chi connectivity index (χ3n) is 7.72. The molecule has 1 heterocycles. The van der Waals surface area contributed by atoms with Gasteiger partial charge in [0.15, 0.2) is 0 Å². The van der Waals surface area contributed by atoms with E-state index in [0.717, 1.165) is 29.0 Å². The molecule has 1 aromatic heterocycles. The largest absolute Gasteiger partial charge is 0.348 e. The predicted octanol–water partition coefficient (Wildman–Crippen LogP) is 3.77. The Kier molecular flexibility index (Phi) is 5.32. The summed E-state index contributed by atoms with van der Waals surface area (Å²) >= 11 is 0. The number of hydrogen-bond donors (Lipinski definition) is 2. The van der Waals surface area contributed by atoms with Gasteiger partial charge in [-0.2, -0.15) is 0 Å². The second kappa shape index (κ2) is 8.13. The molecule has 2 amide bonds. The first kappa shape index (κ1) is 20.3. The van der Waals surface area contributed by atoms with Crippen LogP contribution in [0.1, 0.15) is 63.5 Å². The highest BCUT2D eigenvalue weighted by Gasteiger charge is 2.51. The van der Waals surface area contributed by atoms with Gasteiger partial charge >= 0.3 is 0 Å². The molecule has 1 unspecified atom stereocenters. The summed E-state index contributed by atoms with van der Waals surface area (Å²) in [5.74, 6) is 2.40. The highest BCUT2D eigenvalue weighted by atomic mass is 16.2. The number of rotatable bonds is 7. The monoisotopic (exact) mass is 420 g/mol. The van der Waals surface area contributed by atoms with Gasteiger partial charge < -0.3 is 15.2 Å². The van der Waals surface area contributed by atoms with Gasteiger partial charge in [-0.05, 0) is 86.3 Å². The normalized spacial score (nSPS) is 29.5. The van der Waals surface area contributed by atoms with E-state index in [2.05, 4.69) is 15.6 Å². The van der Waals surface area contributed by atoms with Crippen LogP contribution >= 0.6 is 0 Å². The molecule has 0 radical (unpaired) electrons. The summed E-state index contributed by atoms with van der Waals surface area (Å²) in [4.78, 5) is 29.1. The molecule has 4 bridgehead atoms. The van der Waals surface area contributed by atoms with Crippen LogP contribution in [0.3, 0.4) is 0 Å². The Labute approximate surface area is 183 Å². The number of amides is 2. The van der Waals surface area contributed by atoms with Gasteiger partial charge in [0.25, 0.3) is 0 Å². The number of benzene rings is 1. The first-order valence-electron chi connectivity index (χ1n) is 11.6. The average Bonchev–Trinajstić information content (AvgIpc) is 3.26. The van der Waals surface area contributed by atoms with Gasteiger partial charge in [0.1, 0.15) is 0 Å². The lowest BCUT2D eigenvalue weighted by molar-refractivity contribution is -0.132. The fraction of sp³-hybridized carbons (Fsp3) is 0.560. The van der Waals surface area contributed by atoms with E-state index in [0.29, 0.717) is 6.42 Å². The van der Waals surface area contributed by atoms with Crippen LogP contribution in [0.15, 0.2) is 43.0 Å². The number of aromatic nitrogens is 2. The van der Waals surface area contributed by atoms with E-state index in [4.69, 9.17) is 0 Å². The van der Waals surface area contributed by atoms with E-state index in [1.165, 1.54) is 38.5 Å². The van der Waals surface area contributed by atoms with E-state index in [1.54, 1.807) is 12.5 Å². The Bertz CT molecular complexity index is 900. The van der Waals surface area contributed by atoms with Gasteiger partial charge in [0, 0.05) is 24.5 Å². The van der Waals surface area contributed by atoms with Crippen molar-refractivity contribution in [1.29, 1.82) is 0 Å². The maximum absolute atomic E-state index is 12.6. The fourth-order valence-corrected chi connectivity index (χ4v) is 6.81. The highest BCUT2D eigenvalue weighted by Crippen LogP contribution is 2.61. The quantitative estimate of drug-likeness (QED) is 0.716. The second-order valence-electron chi connectivity index (χ2n) is 10.2. The molecule has 2 aromatic rings. The molecule has 4 aliphatic rings. The molecule has 1 atom stereocenters. The van der Waals surface area contributed by atoms with Crippen molar-refractivity contribution in [1.82, 2.24) is 20.2 Å². The van der Waals surface area contributed by atoms with Crippen LogP contribution < -0.4 is 10.6 Å². The molecular formula is C25H32N4O2. The summed E-state index contributed by atoms with van der Waals surface area (Å²) in [5.41, 5.74) is 2.26. The first-order valence-corrected chi connectivity index (χ1v) is 11.6. The van der Waals surface area contributed by atoms with E-state index in [1.807, 2.05) is 42.0 Å². The van der Waals surface area contributed by atoms with Crippen molar-refractivity contribution in [2.75, 3.05) is 6.54 Å². The zero-order chi connectivity index (χ0) is 21.4. The second-order valence-corrected chi connectivity index (χ2v) is 10.2. The first-order chi connectivity index (χ1) is 15.0. The van der Waals surface area contributed by atoms with Gasteiger partial charge in [-0.25, -0.2) is 4.98 Å². The van der Waals surface area contributed by atoms with Crippen molar-refractivity contribution in [2.45, 2.75) is 57.9 Å². The number of imidazole rings is 1. The molecule has 164 valence electrons. The molecular weight excluding hydrogens is 388 g/mol. The summed E-state index contributed by atoms with van der Waals surface area (Å²) in [6, 6.07) is 7.90. The lowest BCUT2D eigenvalue weighted by Gasteiger charge is -2.56. The maximum atomic E-state index is 12.6. The van der Waals surface area contributed by atoms with Gasteiger partial charge in [-0.15, -0.1) is 0 Å². The molecule has 0 spiro atoms. The minimum absolute atomic E-state index is 0.0365. The summed E-state index contributed by atoms with van der Waals surface area (Å²) in [6.07, 6.45) is 13.8. The van der Waals surface area contributed by atoms with Crippen LogP contribution in [0.5, 0.6) is 0 Å². The van der Waals surface area contributed by atoms with Crippen LogP contribution in [0.4, 0.5) is 0 Å². The fourth-order valence-electron chi connectivity index (χ4n) is 6.81. The van der Waals surface area contributed by atoms with Gasteiger partial charge in [-0.1, -0.05) is 12.1 Å². The van der Waals surface area contributed by atoms with Crippen molar-refractivity contribution >= 4 is 11.8 Å². The molecule has 0 saturated heterocycles. The lowest BCUT2D eigenvalue weighted by Crippen LogP contribution is -2.48. The predicted molar refractivity (Wildman–Crippen MR) is 118 cm³/mol. The maximum Gasteiger partial charge on any atom is 0.239 e. The van der Waals surface area contributed by atoms with Crippen molar-refractivity contribution in [2.24, 2.45) is 23.2 Å². The van der Waals surface area contributed by atoms with Crippen LogP contribution in [0.25, 0.3) is 5.69 Å². The molecule has 6 rings (SSSR count). The minimum atomic E-state index is -0.148. The Morgan fingerprint density at radius 1 is 1.06 bits per heavy atom. The van der Waals surface area contributed by atoms with Crippen LogP contribution in [-0.2, 0) is 9.59 Å². The Morgan fingerprint density at radius 2 is 1.71 bits per heavy atom. The van der Waals surface area contributed by atoms with Gasteiger partial charge in [0.2, 0.25) is 11.8 Å². The van der Waals surface area contributed by atoms with Crippen molar-refractivity contribution in [3.8, 4) is 5.69 Å². The Balaban J connectivity index is 1.09. The number of nitrogens with one attached hydrogen (secondary N) is 2. The third kappa shape index (κ3) is 4.39. The van der Waals surface area contributed by atoms with Gasteiger partial charge in [-0.3, -0.25) is 9.59 Å². The summed E-state index contributed by atoms with van der Waals surface area (Å²) < 4.78 is 1.94. The van der Waals surface area contributed by atoms with E-state index >= 15 is 0 Å². The zero-order valence-corrected chi connectivity index (χ0v) is 18.2. The van der Waals surface area contributed by atoms with Crippen LogP contribution in [0, 0.1) is 23.2 Å². The zero-order valence-electron chi connectivity index (χ0n) is 18.2. The third-order valence-corrected chi connectivity index (χ3v) is 7.72. The molecule has 2 N–H and O–H groups in total. The number of hydrogen-bond acceptors (Lipinski definition) is 3. The standard InChI is InChI=1S/C25H32N4O2/c1-17(21-2-4-22(5-3-21)29-7-6-26-16-29)28-24(31)15-27-23(30)14-25-11-18-8-19(12-25)10-20(9-18)13-25/h2-7,16-20H,8-15H2,1H3,(H,27,30)(H,28,31). The molecule has 6 nitrogen and oxygen atoms in total. The lowest BCUT2D eigenvalue weighted by atomic mass is 9.49. The van der Waals surface area contributed by atoms with Crippen molar-refractivity contribution in [3.63, 3.8) is 0 Å². The van der Waals surface area contributed by atoms with Gasteiger partial charge in [0.05, 0.1) is 18.9 Å². The summed E-state index contributed by atoms with van der Waals surface area (Å²) in [5, 5.41) is 5.87. The molecule has 1 aromatic carbocycles. The summed E-state index contributed by atoms with van der Waals surface area (Å²) in [6.45, 7) is 2.00. The molecule has 4 saturated carbocycles. The Morgan fingerprint density at radius 3 is 2.29 bits per heavy atom. The van der Waals surface area contributed by atoms with Crippen LogP contribution in [0.2, 0.25) is 0 Å². The Hall–Kier alpha value is -2.63. The van der Waals surface area contributed by atoms with Crippen LogP contribution in [-0.4, -0.2) is 27.9 Å². The molecule has 4 aliphatic carbocycles. The number of nitrogens with zero attached hydrogens (tertiary/aromatic N) is 2. The topological polar surface area (TPSA) is 76.0 Å².